The molecule has 0 bridgehead atoms. The Morgan fingerprint density at radius 1 is 1.09 bits per heavy atom. The molecule has 2 aromatic carbocycles. The van der Waals surface area contributed by atoms with Gasteiger partial charge in [0.05, 0.1) is 28.4 Å². The first-order chi connectivity index (χ1) is 15.7. The number of carbonyl (C=O) groups excluding carboxylic acids is 1. The molecule has 0 saturated carbocycles. The summed E-state index contributed by atoms with van der Waals surface area (Å²) in [6, 6.07) is 17.5. The van der Waals surface area contributed by atoms with Crippen molar-refractivity contribution in [2.45, 2.75) is 32.9 Å². The van der Waals surface area contributed by atoms with Crippen molar-refractivity contribution in [3.05, 3.63) is 70.7 Å². The van der Waals surface area contributed by atoms with E-state index in [1.54, 1.807) is 13.2 Å². The third-order valence-electron chi connectivity index (χ3n) is 5.22. The Morgan fingerprint density at radius 2 is 1.79 bits per heavy atom. The van der Waals surface area contributed by atoms with Crippen LogP contribution >= 0.6 is 11.6 Å². The molecular formula is C25H25ClN4O3. The average molecular weight is 465 g/mol. The maximum atomic E-state index is 11.4. The van der Waals surface area contributed by atoms with Gasteiger partial charge >= 0.3 is 6.01 Å². The zero-order chi connectivity index (χ0) is 23.6. The first kappa shape index (κ1) is 22.8. The number of methoxy groups -OCH3 is 1. The van der Waals surface area contributed by atoms with E-state index in [-0.39, 0.29) is 5.91 Å². The van der Waals surface area contributed by atoms with Crippen LogP contribution in [0.3, 0.4) is 0 Å². The zero-order valence-electron chi connectivity index (χ0n) is 18.9. The number of amides is 1. The van der Waals surface area contributed by atoms with E-state index in [1.165, 1.54) is 6.92 Å². The van der Waals surface area contributed by atoms with Crippen LogP contribution in [0.4, 0.5) is 0 Å². The molecule has 0 aliphatic carbocycles. The molecule has 170 valence electrons. The molecule has 0 radical (unpaired) electrons. The third-order valence-corrected chi connectivity index (χ3v) is 5.51. The lowest BCUT2D eigenvalue weighted by atomic mass is 9.94. The second-order valence-corrected chi connectivity index (χ2v) is 8.70. The van der Waals surface area contributed by atoms with Gasteiger partial charge in [-0.1, -0.05) is 48.0 Å². The zero-order valence-corrected chi connectivity index (χ0v) is 19.7. The summed E-state index contributed by atoms with van der Waals surface area (Å²) in [5.74, 6) is 0.524. The van der Waals surface area contributed by atoms with Crippen LogP contribution in [0, 0.1) is 0 Å². The van der Waals surface area contributed by atoms with E-state index in [1.807, 2.05) is 62.4 Å². The van der Waals surface area contributed by atoms with Crippen molar-refractivity contribution in [2.75, 3.05) is 7.11 Å². The largest absolute Gasteiger partial charge is 0.426 e. The first-order valence-corrected chi connectivity index (χ1v) is 10.8. The quantitative estimate of drug-likeness (QED) is 0.372. The Bertz CT molecular complexity index is 1280. The number of carbonyl (C=O) groups is 1. The van der Waals surface area contributed by atoms with Gasteiger partial charge in [0.15, 0.2) is 5.65 Å². The lowest BCUT2D eigenvalue weighted by molar-refractivity contribution is -0.120. The number of ether oxygens (including phenoxy) is 2. The van der Waals surface area contributed by atoms with Crippen LogP contribution in [-0.2, 0) is 21.7 Å². The number of fused-ring (bicyclic) bond motifs is 1. The number of halogens is 1. The summed E-state index contributed by atoms with van der Waals surface area (Å²) >= 11 is 6.50. The third kappa shape index (κ3) is 5.16. The van der Waals surface area contributed by atoms with Gasteiger partial charge in [-0.05, 0) is 43.2 Å². The summed E-state index contributed by atoms with van der Waals surface area (Å²) in [7, 11) is 1.67. The number of nitrogens with zero attached hydrogens (tertiary/aromatic N) is 2. The lowest BCUT2D eigenvalue weighted by Crippen LogP contribution is -2.39. The van der Waals surface area contributed by atoms with Gasteiger partial charge in [0.25, 0.3) is 0 Å². The van der Waals surface area contributed by atoms with Gasteiger partial charge in [0, 0.05) is 19.6 Å². The molecule has 33 heavy (non-hydrogen) atoms. The molecule has 0 spiro atoms. The number of H-pyrrole nitrogens is 1. The highest BCUT2D eigenvalue weighted by molar-refractivity contribution is 6.33. The van der Waals surface area contributed by atoms with Crippen LogP contribution in [0.2, 0.25) is 5.02 Å². The number of imidazole rings is 1. The Hall–Kier alpha value is -3.42. The normalized spacial score (nSPS) is 11.5. The molecule has 4 aromatic rings. The Labute approximate surface area is 197 Å². The maximum absolute atomic E-state index is 11.4. The summed E-state index contributed by atoms with van der Waals surface area (Å²) in [5, 5.41) is 3.45. The van der Waals surface area contributed by atoms with Gasteiger partial charge in [0.2, 0.25) is 5.91 Å². The van der Waals surface area contributed by atoms with Crippen molar-refractivity contribution in [3.63, 3.8) is 0 Å². The minimum absolute atomic E-state index is 0.0842. The van der Waals surface area contributed by atoms with Crippen molar-refractivity contribution in [1.82, 2.24) is 20.3 Å². The predicted octanol–water partition coefficient (Wildman–Crippen LogP) is 5.59. The van der Waals surface area contributed by atoms with Crippen LogP contribution in [-0.4, -0.2) is 28.0 Å². The Morgan fingerprint density at radius 3 is 2.42 bits per heavy atom. The highest BCUT2D eigenvalue weighted by Gasteiger charge is 2.21. The summed E-state index contributed by atoms with van der Waals surface area (Å²) in [4.78, 5) is 23.6. The van der Waals surface area contributed by atoms with E-state index in [9.17, 15) is 4.79 Å². The average Bonchev–Trinajstić information content (AvgIpc) is 3.14. The highest BCUT2D eigenvalue weighted by atomic mass is 35.5. The van der Waals surface area contributed by atoms with Crippen LogP contribution < -0.4 is 10.1 Å². The standard InChI is InChI=1S/C25H25ClN4O3/c1-15(31)30-25(2,3)18-9-11-19(12-10-18)33-24-27-21-13-20(26)22(28-23(21)29-24)17-7-5-16(6-8-17)14-32-4/h5-13H,14H2,1-4H3,(H,30,31)(H,27,28,29). The van der Waals surface area contributed by atoms with E-state index in [4.69, 9.17) is 21.1 Å². The van der Waals surface area contributed by atoms with Crippen molar-refractivity contribution in [1.29, 1.82) is 0 Å². The molecule has 0 fully saturated rings. The van der Waals surface area contributed by atoms with Gasteiger partial charge in [-0.15, -0.1) is 0 Å². The van der Waals surface area contributed by atoms with Crippen LogP contribution in [0.5, 0.6) is 11.8 Å². The molecule has 2 heterocycles. The molecule has 1 amide bonds. The lowest BCUT2D eigenvalue weighted by Gasteiger charge is -2.26. The van der Waals surface area contributed by atoms with Crippen LogP contribution in [0.1, 0.15) is 31.9 Å². The van der Waals surface area contributed by atoms with Crippen molar-refractivity contribution in [2.24, 2.45) is 0 Å². The van der Waals surface area contributed by atoms with Crippen molar-refractivity contribution in [3.8, 4) is 23.0 Å². The molecule has 0 aliphatic rings. The minimum atomic E-state index is -0.484. The molecule has 0 unspecified atom stereocenters. The summed E-state index contributed by atoms with van der Waals surface area (Å²) in [6.07, 6.45) is 0. The summed E-state index contributed by atoms with van der Waals surface area (Å²) < 4.78 is 11.0. The fraction of sp³-hybridized carbons (Fsp3) is 0.240. The minimum Gasteiger partial charge on any atom is -0.426 e. The highest BCUT2D eigenvalue weighted by Crippen LogP contribution is 2.31. The van der Waals surface area contributed by atoms with E-state index < -0.39 is 5.54 Å². The number of aromatic amines is 1. The molecule has 0 aliphatic heterocycles. The maximum Gasteiger partial charge on any atom is 0.301 e. The van der Waals surface area contributed by atoms with Gasteiger partial charge in [-0.25, -0.2) is 4.98 Å². The second-order valence-electron chi connectivity index (χ2n) is 8.29. The molecule has 2 aromatic heterocycles. The Kier molecular flexibility index (Phi) is 6.35. The number of hydrogen-bond donors (Lipinski definition) is 2. The number of rotatable bonds is 7. The van der Waals surface area contributed by atoms with Gasteiger partial charge < -0.3 is 19.8 Å². The topological polar surface area (TPSA) is 89.1 Å². The Balaban J connectivity index is 1.55. The monoisotopic (exact) mass is 464 g/mol. The molecule has 7 nitrogen and oxygen atoms in total. The molecule has 0 saturated heterocycles. The first-order valence-electron chi connectivity index (χ1n) is 10.5. The number of hydrogen-bond acceptors (Lipinski definition) is 5. The number of nitrogens with one attached hydrogen (secondary N) is 2. The van der Waals surface area contributed by atoms with E-state index in [0.29, 0.717) is 40.2 Å². The molecular weight excluding hydrogens is 440 g/mol. The van der Waals surface area contributed by atoms with Gasteiger partial charge in [-0.2, -0.15) is 4.98 Å². The van der Waals surface area contributed by atoms with E-state index in [0.717, 1.165) is 16.7 Å². The van der Waals surface area contributed by atoms with Gasteiger partial charge in [-0.3, -0.25) is 4.79 Å². The van der Waals surface area contributed by atoms with E-state index in [2.05, 4.69) is 20.3 Å². The van der Waals surface area contributed by atoms with Gasteiger partial charge in [0.1, 0.15) is 5.75 Å². The summed E-state index contributed by atoms with van der Waals surface area (Å²) in [6.45, 7) is 5.94. The van der Waals surface area contributed by atoms with Crippen LogP contribution in [0.15, 0.2) is 54.6 Å². The van der Waals surface area contributed by atoms with E-state index >= 15 is 0 Å². The second kappa shape index (κ2) is 9.21. The molecule has 2 N–H and O–H groups in total. The number of benzene rings is 2. The predicted molar refractivity (Wildman–Crippen MR) is 128 cm³/mol. The fourth-order valence-electron chi connectivity index (χ4n) is 3.64. The fourth-order valence-corrected chi connectivity index (χ4v) is 3.90. The number of pyridine rings is 1. The van der Waals surface area contributed by atoms with Crippen molar-refractivity contribution < 1.29 is 14.3 Å². The van der Waals surface area contributed by atoms with Crippen LogP contribution in [0.25, 0.3) is 22.4 Å². The molecule has 4 rings (SSSR count). The number of aromatic nitrogens is 3. The molecule has 0 atom stereocenters. The summed E-state index contributed by atoms with van der Waals surface area (Å²) in [5.41, 5.74) is 4.28. The molecule has 8 heteroatoms. The SMILES string of the molecule is COCc1ccc(-c2nc3nc(Oc4ccc(C(C)(C)NC(C)=O)cc4)[nH]c3cc2Cl)cc1. The smallest absolute Gasteiger partial charge is 0.301 e. The van der Waals surface area contributed by atoms with Crippen molar-refractivity contribution >= 4 is 28.7 Å².